The molecular weight excluding hydrogens is 314 g/mol. The lowest BCUT2D eigenvalue weighted by Crippen LogP contribution is -1.93. The second-order valence-electron chi connectivity index (χ2n) is 6.26. The Morgan fingerprint density at radius 3 is 2.35 bits per heavy atom. The number of allylic oxidation sites excluding steroid dienone is 5. The number of hydrogen-bond donors (Lipinski definition) is 0. The lowest BCUT2D eigenvalue weighted by atomic mass is 10.0. The van der Waals surface area contributed by atoms with Crippen LogP contribution in [0.5, 0.6) is 0 Å². The van der Waals surface area contributed by atoms with Crippen molar-refractivity contribution in [2.75, 3.05) is 0 Å². The number of nitrogens with zero attached hydrogens (tertiary/aromatic N) is 1. The van der Waals surface area contributed by atoms with Crippen LogP contribution in [0, 0.1) is 0 Å². The Labute approximate surface area is 154 Å². The molecule has 0 atom stereocenters. The fraction of sp³-hybridized carbons (Fsp3) is 0.0400. The van der Waals surface area contributed by atoms with Crippen molar-refractivity contribution >= 4 is 27.4 Å². The van der Waals surface area contributed by atoms with E-state index >= 15 is 0 Å². The summed E-state index contributed by atoms with van der Waals surface area (Å²) in [4.78, 5) is 0. The van der Waals surface area contributed by atoms with Gasteiger partial charge in [0.05, 0.1) is 11.0 Å². The molecule has 0 bridgehead atoms. The van der Waals surface area contributed by atoms with Crippen LogP contribution < -0.4 is 0 Å². The third kappa shape index (κ3) is 2.68. The summed E-state index contributed by atoms with van der Waals surface area (Å²) in [6, 6.07) is 25.9. The van der Waals surface area contributed by atoms with Crippen molar-refractivity contribution in [1.29, 1.82) is 0 Å². The normalized spacial score (nSPS) is 12.3. The summed E-state index contributed by atoms with van der Waals surface area (Å²) >= 11 is 0. The molecule has 0 aliphatic rings. The second kappa shape index (κ2) is 6.89. The summed E-state index contributed by atoms with van der Waals surface area (Å²) in [6.45, 7) is 5.84. The Morgan fingerprint density at radius 1 is 0.846 bits per heavy atom. The van der Waals surface area contributed by atoms with Gasteiger partial charge in [0.1, 0.15) is 0 Å². The number of aromatic nitrogens is 1. The van der Waals surface area contributed by atoms with Gasteiger partial charge in [-0.3, -0.25) is 0 Å². The molecule has 0 saturated heterocycles. The monoisotopic (exact) mass is 335 g/mol. The van der Waals surface area contributed by atoms with Crippen LogP contribution in [0.15, 0.2) is 104 Å². The van der Waals surface area contributed by atoms with Crippen molar-refractivity contribution in [3.8, 4) is 5.69 Å². The molecule has 0 radical (unpaired) electrons. The highest BCUT2D eigenvalue weighted by molar-refractivity contribution is 6.10. The minimum atomic E-state index is 1.18. The first-order chi connectivity index (χ1) is 12.8. The van der Waals surface area contributed by atoms with Crippen molar-refractivity contribution in [3.63, 3.8) is 0 Å². The van der Waals surface area contributed by atoms with Crippen molar-refractivity contribution < 1.29 is 0 Å². The van der Waals surface area contributed by atoms with Gasteiger partial charge in [0, 0.05) is 16.5 Å². The van der Waals surface area contributed by atoms with E-state index in [0.29, 0.717) is 0 Å². The highest BCUT2D eigenvalue weighted by Gasteiger charge is 2.12. The molecule has 0 aliphatic heterocycles. The van der Waals surface area contributed by atoms with Gasteiger partial charge in [-0.05, 0) is 42.3 Å². The molecule has 26 heavy (non-hydrogen) atoms. The smallest absolute Gasteiger partial charge is 0.0547 e. The first-order valence-electron chi connectivity index (χ1n) is 8.88. The van der Waals surface area contributed by atoms with Crippen molar-refractivity contribution in [2.45, 2.75) is 6.92 Å². The number of hydrogen-bond acceptors (Lipinski definition) is 0. The minimum absolute atomic E-state index is 1.18. The van der Waals surface area contributed by atoms with Gasteiger partial charge in [-0.15, -0.1) is 0 Å². The molecule has 1 heterocycles. The van der Waals surface area contributed by atoms with E-state index in [9.17, 15) is 0 Å². The fourth-order valence-corrected chi connectivity index (χ4v) is 3.54. The molecule has 0 saturated carbocycles. The second-order valence-corrected chi connectivity index (χ2v) is 6.26. The standard InChI is InChI=1S/C25H21N/c1-3-5-11-19(4-2)20-16-17-23-22-14-9-10-15-24(22)26(25(23)18-20)21-12-7-6-8-13-21/h3-18H,1H2,2H3/b11-5-,19-4+. The van der Waals surface area contributed by atoms with Crippen molar-refractivity contribution in [3.05, 3.63) is 109 Å². The molecule has 4 aromatic rings. The van der Waals surface area contributed by atoms with E-state index in [1.54, 1.807) is 0 Å². The largest absolute Gasteiger partial charge is 0.309 e. The Morgan fingerprint density at radius 2 is 1.58 bits per heavy atom. The first kappa shape index (κ1) is 16.2. The molecule has 126 valence electrons. The van der Waals surface area contributed by atoms with Gasteiger partial charge in [0.15, 0.2) is 0 Å². The summed E-state index contributed by atoms with van der Waals surface area (Å²) < 4.78 is 2.35. The first-order valence-corrected chi connectivity index (χ1v) is 8.88. The van der Waals surface area contributed by atoms with E-state index in [1.165, 1.54) is 38.6 Å². The molecule has 3 aromatic carbocycles. The Hall–Kier alpha value is -3.32. The third-order valence-corrected chi connectivity index (χ3v) is 4.74. The Bertz CT molecular complexity index is 1140. The lowest BCUT2D eigenvalue weighted by Gasteiger charge is -2.09. The van der Waals surface area contributed by atoms with Gasteiger partial charge in [-0.2, -0.15) is 0 Å². The molecule has 4 rings (SSSR count). The molecule has 0 amide bonds. The van der Waals surface area contributed by atoms with E-state index in [-0.39, 0.29) is 0 Å². The van der Waals surface area contributed by atoms with Crippen LogP contribution in [0.2, 0.25) is 0 Å². The maximum absolute atomic E-state index is 3.78. The number of rotatable bonds is 4. The summed E-state index contributed by atoms with van der Waals surface area (Å²) in [5.74, 6) is 0. The highest BCUT2D eigenvalue weighted by atomic mass is 15.0. The van der Waals surface area contributed by atoms with Crippen LogP contribution in [-0.4, -0.2) is 4.57 Å². The van der Waals surface area contributed by atoms with E-state index in [0.717, 1.165) is 0 Å². The van der Waals surface area contributed by atoms with Gasteiger partial charge in [-0.1, -0.05) is 79.4 Å². The van der Waals surface area contributed by atoms with Crippen molar-refractivity contribution in [2.24, 2.45) is 0 Å². The molecule has 1 nitrogen and oxygen atoms in total. The van der Waals surface area contributed by atoms with Crippen molar-refractivity contribution in [1.82, 2.24) is 4.57 Å². The van der Waals surface area contributed by atoms with Gasteiger partial charge < -0.3 is 4.57 Å². The molecule has 0 N–H and O–H groups in total. The van der Waals surface area contributed by atoms with Crippen LogP contribution in [0.3, 0.4) is 0 Å². The van der Waals surface area contributed by atoms with Crippen LogP contribution >= 0.6 is 0 Å². The summed E-state index contributed by atoms with van der Waals surface area (Å²) in [6.07, 6.45) is 8.02. The Balaban J connectivity index is 2.05. The summed E-state index contributed by atoms with van der Waals surface area (Å²) in [5.41, 5.74) is 6.03. The van der Waals surface area contributed by atoms with Crippen LogP contribution in [0.1, 0.15) is 12.5 Å². The number of benzene rings is 3. The van der Waals surface area contributed by atoms with Gasteiger partial charge in [0.25, 0.3) is 0 Å². The lowest BCUT2D eigenvalue weighted by molar-refractivity contribution is 1.18. The van der Waals surface area contributed by atoms with Crippen LogP contribution in [-0.2, 0) is 0 Å². The quantitative estimate of drug-likeness (QED) is 0.356. The van der Waals surface area contributed by atoms with Crippen LogP contribution in [0.25, 0.3) is 33.1 Å². The molecule has 0 unspecified atom stereocenters. The molecule has 0 fully saturated rings. The minimum Gasteiger partial charge on any atom is -0.309 e. The zero-order valence-corrected chi connectivity index (χ0v) is 14.9. The van der Waals surface area contributed by atoms with E-state index in [1.807, 2.05) is 12.2 Å². The van der Waals surface area contributed by atoms with E-state index < -0.39 is 0 Å². The average molecular weight is 335 g/mol. The van der Waals surface area contributed by atoms with E-state index in [2.05, 4.69) is 103 Å². The van der Waals surface area contributed by atoms with Gasteiger partial charge in [0.2, 0.25) is 0 Å². The highest BCUT2D eigenvalue weighted by Crippen LogP contribution is 2.33. The average Bonchev–Trinajstić information content (AvgIpc) is 3.03. The van der Waals surface area contributed by atoms with Crippen LogP contribution in [0.4, 0.5) is 0 Å². The molecular formula is C25H21N. The zero-order valence-electron chi connectivity index (χ0n) is 14.9. The van der Waals surface area contributed by atoms with Gasteiger partial charge >= 0.3 is 0 Å². The summed E-state index contributed by atoms with van der Waals surface area (Å²) in [5, 5.41) is 2.55. The Kier molecular flexibility index (Phi) is 4.28. The fourth-order valence-electron chi connectivity index (χ4n) is 3.54. The van der Waals surface area contributed by atoms with E-state index in [4.69, 9.17) is 0 Å². The number of fused-ring (bicyclic) bond motifs is 3. The predicted octanol–water partition coefficient (Wildman–Crippen LogP) is 6.93. The molecule has 0 aliphatic carbocycles. The van der Waals surface area contributed by atoms with Gasteiger partial charge in [-0.25, -0.2) is 0 Å². The predicted molar refractivity (Wildman–Crippen MR) is 114 cm³/mol. The topological polar surface area (TPSA) is 4.93 Å². The number of para-hydroxylation sites is 2. The third-order valence-electron chi connectivity index (χ3n) is 4.74. The SMILES string of the molecule is C=C/C=C\C(=C/C)c1ccc2c3ccccc3n(-c3ccccc3)c2c1. The molecule has 1 aromatic heterocycles. The maximum atomic E-state index is 3.78. The molecule has 1 heteroatoms. The maximum Gasteiger partial charge on any atom is 0.0547 e. The zero-order chi connectivity index (χ0) is 17.9. The summed E-state index contributed by atoms with van der Waals surface area (Å²) in [7, 11) is 0. The molecule has 0 spiro atoms.